The number of thiophene rings is 1. The van der Waals surface area contributed by atoms with Gasteiger partial charge in [-0.15, -0.1) is 11.3 Å². The molecule has 1 amide bonds. The number of nitrogens with zero attached hydrogens (tertiary/aromatic N) is 3. The van der Waals surface area contributed by atoms with Crippen LogP contribution in [-0.4, -0.2) is 26.6 Å². The Labute approximate surface area is 184 Å². The summed E-state index contributed by atoms with van der Waals surface area (Å²) in [4.78, 5) is 32.6. The van der Waals surface area contributed by atoms with Gasteiger partial charge in [-0.2, -0.15) is 0 Å². The molecule has 2 aromatic carbocycles. The Morgan fingerprint density at radius 1 is 1.23 bits per heavy atom. The number of hydrogen-bond donors (Lipinski definition) is 1. The van der Waals surface area contributed by atoms with Crippen LogP contribution in [-0.2, 0) is 4.79 Å². The SMILES string of the molecule is Cc1cccc([N+](=O)[O-])c1NC(=O)CSc1ncnc2scc(-c3ccc(F)cc3)c12. The molecule has 4 rings (SSSR count). The Balaban J connectivity index is 1.58. The van der Waals surface area contributed by atoms with Gasteiger partial charge in [-0.25, -0.2) is 14.4 Å². The van der Waals surface area contributed by atoms with Gasteiger partial charge in [0.2, 0.25) is 5.91 Å². The second kappa shape index (κ2) is 8.78. The van der Waals surface area contributed by atoms with Crippen molar-refractivity contribution in [3.05, 3.63) is 75.7 Å². The summed E-state index contributed by atoms with van der Waals surface area (Å²) in [7, 11) is 0. The zero-order valence-electron chi connectivity index (χ0n) is 16.2. The van der Waals surface area contributed by atoms with Crippen molar-refractivity contribution in [2.45, 2.75) is 11.9 Å². The fourth-order valence-electron chi connectivity index (χ4n) is 3.08. The number of nitro benzene ring substituents is 1. The number of carbonyl (C=O) groups is 1. The van der Waals surface area contributed by atoms with Crippen LogP contribution in [0.1, 0.15) is 5.56 Å². The van der Waals surface area contributed by atoms with E-state index < -0.39 is 4.92 Å². The molecule has 0 saturated carbocycles. The van der Waals surface area contributed by atoms with Crippen LogP contribution in [0.4, 0.5) is 15.8 Å². The molecule has 4 aromatic rings. The van der Waals surface area contributed by atoms with Gasteiger partial charge in [-0.1, -0.05) is 36.0 Å². The molecule has 0 saturated heterocycles. The minimum absolute atomic E-state index is 0.0102. The molecule has 0 aliphatic rings. The lowest BCUT2D eigenvalue weighted by molar-refractivity contribution is -0.384. The molecular weight excluding hydrogens is 439 g/mol. The molecule has 7 nitrogen and oxygen atoms in total. The number of anilines is 1. The van der Waals surface area contributed by atoms with Crippen LogP contribution >= 0.6 is 23.1 Å². The highest BCUT2D eigenvalue weighted by Gasteiger charge is 2.19. The first kappa shape index (κ1) is 20.9. The number of amides is 1. The van der Waals surface area contributed by atoms with Crippen molar-refractivity contribution in [3.63, 3.8) is 0 Å². The van der Waals surface area contributed by atoms with E-state index in [1.807, 2.05) is 5.38 Å². The average molecular weight is 455 g/mol. The molecule has 2 heterocycles. The van der Waals surface area contributed by atoms with Crippen LogP contribution in [0.5, 0.6) is 0 Å². The van der Waals surface area contributed by atoms with E-state index in [0.717, 1.165) is 21.3 Å². The van der Waals surface area contributed by atoms with Gasteiger partial charge in [0, 0.05) is 17.0 Å². The van der Waals surface area contributed by atoms with E-state index in [2.05, 4.69) is 15.3 Å². The largest absolute Gasteiger partial charge is 0.319 e. The Morgan fingerprint density at radius 2 is 2.00 bits per heavy atom. The summed E-state index contributed by atoms with van der Waals surface area (Å²) in [5.74, 6) is -0.695. The molecule has 0 fully saturated rings. The average Bonchev–Trinajstić information content (AvgIpc) is 3.19. The van der Waals surface area contributed by atoms with Crippen molar-refractivity contribution in [2.24, 2.45) is 0 Å². The molecule has 0 aliphatic carbocycles. The molecule has 0 unspecified atom stereocenters. The molecule has 1 N–H and O–H groups in total. The zero-order valence-corrected chi connectivity index (χ0v) is 17.8. The summed E-state index contributed by atoms with van der Waals surface area (Å²) in [6, 6.07) is 10.8. The number of para-hydroxylation sites is 1. The van der Waals surface area contributed by atoms with Crippen LogP contribution in [0.3, 0.4) is 0 Å². The molecule has 0 spiro atoms. The second-order valence-corrected chi connectivity index (χ2v) is 8.40. The summed E-state index contributed by atoms with van der Waals surface area (Å²) >= 11 is 2.65. The third-order valence-electron chi connectivity index (χ3n) is 4.54. The third kappa shape index (κ3) is 4.39. The van der Waals surface area contributed by atoms with E-state index in [9.17, 15) is 19.3 Å². The highest BCUT2D eigenvalue weighted by molar-refractivity contribution is 8.00. The van der Waals surface area contributed by atoms with Gasteiger partial charge in [-0.05, 0) is 30.2 Å². The first-order chi connectivity index (χ1) is 14.9. The Kier molecular flexibility index (Phi) is 5.92. The van der Waals surface area contributed by atoms with Crippen molar-refractivity contribution >= 4 is 50.6 Å². The van der Waals surface area contributed by atoms with Crippen LogP contribution in [0.2, 0.25) is 0 Å². The molecule has 0 atom stereocenters. The standard InChI is InChI=1S/C21H15FN4O3S2/c1-12-3-2-4-16(26(28)29)19(12)25-17(27)10-31-21-18-15(9-30-20(18)23-11-24-21)13-5-7-14(22)8-6-13/h2-9,11H,10H2,1H3,(H,25,27). The van der Waals surface area contributed by atoms with E-state index in [4.69, 9.17) is 0 Å². The van der Waals surface area contributed by atoms with Crippen LogP contribution < -0.4 is 5.32 Å². The minimum atomic E-state index is -0.524. The van der Waals surface area contributed by atoms with E-state index in [1.165, 1.54) is 47.6 Å². The predicted octanol–water partition coefficient (Wildman–Crippen LogP) is 5.44. The molecular formula is C21H15FN4O3S2. The van der Waals surface area contributed by atoms with Gasteiger partial charge in [0.05, 0.1) is 16.1 Å². The Morgan fingerprint density at radius 3 is 2.74 bits per heavy atom. The summed E-state index contributed by atoms with van der Waals surface area (Å²) in [6.07, 6.45) is 1.43. The van der Waals surface area contributed by atoms with Crippen molar-refractivity contribution in [1.29, 1.82) is 0 Å². The van der Waals surface area contributed by atoms with Crippen LogP contribution in [0, 0.1) is 22.9 Å². The van der Waals surface area contributed by atoms with E-state index in [-0.39, 0.29) is 28.9 Å². The zero-order chi connectivity index (χ0) is 22.0. The number of aryl methyl sites for hydroxylation is 1. The number of nitrogens with one attached hydrogen (secondary N) is 1. The van der Waals surface area contributed by atoms with Gasteiger partial charge < -0.3 is 5.32 Å². The van der Waals surface area contributed by atoms with Gasteiger partial charge in [0.1, 0.15) is 27.7 Å². The summed E-state index contributed by atoms with van der Waals surface area (Å²) in [5, 5.41) is 17.2. The third-order valence-corrected chi connectivity index (χ3v) is 6.42. The highest BCUT2D eigenvalue weighted by Crippen LogP contribution is 2.38. The quantitative estimate of drug-likeness (QED) is 0.180. The maximum atomic E-state index is 13.3. The molecule has 31 heavy (non-hydrogen) atoms. The number of rotatable bonds is 6. The van der Waals surface area contributed by atoms with Crippen molar-refractivity contribution in [1.82, 2.24) is 9.97 Å². The van der Waals surface area contributed by atoms with Gasteiger partial charge in [0.25, 0.3) is 5.69 Å². The number of halogens is 1. The van der Waals surface area contributed by atoms with Crippen LogP contribution in [0.15, 0.2) is 59.2 Å². The van der Waals surface area contributed by atoms with Crippen molar-refractivity contribution < 1.29 is 14.1 Å². The van der Waals surface area contributed by atoms with Gasteiger partial charge in [-0.3, -0.25) is 14.9 Å². The first-order valence-electron chi connectivity index (χ1n) is 9.09. The molecule has 156 valence electrons. The predicted molar refractivity (Wildman–Crippen MR) is 120 cm³/mol. The summed E-state index contributed by atoms with van der Waals surface area (Å²) in [6.45, 7) is 1.70. The lowest BCUT2D eigenvalue weighted by Crippen LogP contribution is -2.16. The highest BCUT2D eigenvalue weighted by atomic mass is 32.2. The number of aromatic nitrogens is 2. The fraction of sp³-hybridized carbons (Fsp3) is 0.0952. The number of hydrogen-bond acceptors (Lipinski definition) is 7. The number of nitro groups is 1. The second-order valence-electron chi connectivity index (χ2n) is 6.58. The summed E-state index contributed by atoms with van der Waals surface area (Å²) < 4.78 is 13.3. The molecule has 2 aromatic heterocycles. The maximum absolute atomic E-state index is 13.3. The van der Waals surface area contributed by atoms with E-state index in [1.54, 1.807) is 31.2 Å². The number of thioether (sulfide) groups is 1. The molecule has 0 bridgehead atoms. The normalized spacial score (nSPS) is 10.9. The lowest BCUT2D eigenvalue weighted by atomic mass is 10.1. The van der Waals surface area contributed by atoms with Gasteiger partial charge in [0.15, 0.2) is 0 Å². The molecule has 10 heteroatoms. The lowest BCUT2D eigenvalue weighted by Gasteiger charge is -2.09. The van der Waals surface area contributed by atoms with Crippen molar-refractivity contribution in [3.8, 4) is 11.1 Å². The van der Waals surface area contributed by atoms with E-state index >= 15 is 0 Å². The maximum Gasteiger partial charge on any atom is 0.293 e. The minimum Gasteiger partial charge on any atom is -0.319 e. The Hall–Kier alpha value is -3.37. The number of fused-ring (bicyclic) bond motifs is 1. The number of benzene rings is 2. The molecule has 0 radical (unpaired) electrons. The fourth-order valence-corrected chi connectivity index (χ4v) is 4.87. The number of carbonyl (C=O) groups excluding carboxylic acids is 1. The topological polar surface area (TPSA) is 98.0 Å². The van der Waals surface area contributed by atoms with Gasteiger partial charge >= 0.3 is 0 Å². The molecule has 0 aliphatic heterocycles. The first-order valence-corrected chi connectivity index (χ1v) is 11.0. The van der Waals surface area contributed by atoms with Crippen molar-refractivity contribution in [2.75, 3.05) is 11.1 Å². The van der Waals surface area contributed by atoms with E-state index in [0.29, 0.717) is 10.6 Å². The summed E-state index contributed by atoms with van der Waals surface area (Å²) in [5.41, 5.74) is 2.32. The smallest absolute Gasteiger partial charge is 0.293 e. The monoisotopic (exact) mass is 454 g/mol. The van der Waals surface area contributed by atoms with Crippen LogP contribution in [0.25, 0.3) is 21.3 Å². The Bertz CT molecular complexity index is 1290.